The lowest BCUT2D eigenvalue weighted by Crippen LogP contribution is -2.27. The minimum absolute atomic E-state index is 0.0318. The molecule has 3 nitrogen and oxygen atoms in total. The number of thiazole rings is 1. The minimum Gasteiger partial charge on any atom is -0.348 e. The summed E-state index contributed by atoms with van der Waals surface area (Å²) in [6, 6.07) is 8.36. The molecule has 0 spiro atoms. The summed E-state index contributed by atoms with van der Waals surface area (Å²) in [7, 11) is 0. The number of hydrogen-bond donors (Lipinski definition) is 1. The highest BCUT2D eigenvalue weighted by Gasteiger charge is 2.14. The molecular weight excluding hydrogens is 324 g/mol. The smallest absolute Gasteiger partial charge is 0.221 e. The van der Waals surface area contributed by atoms with Crippen molar-refractivity contribution in [2.75, 3.05) is 5.75 Å². The molecule has 1 atom stereocenters. The standard InChI is InChI=1S/C18H24N2OS2/c1-12(2)18-20-16(11-23-18)14(4)19-17(21)9-10-22-15-7-5-13(3)6-8-15/h5-8,11-12,14H,9-10H2,1-4H3,(H,19,21). The Bertz CT molecular complexity index is 635. The van der Waals surface area contributed by atoms with Gasteiger partial charge in [0.2, 0.25) is 5.91 Å². The molecule has 23 heavy (non-hydrogen) atoms. The summed E-state index contributed by atoms with van der Waals surface area (Å²) in [6.07, 6.45) is 0.518. The fraction of sp³-hybridized carbons (Fsp3) is 0.444. The second-order valence-corrected chi connectivity index (χ2v) is 8.02. The van der Waals surface area contributed by atoms with Crippen molar-refractivity contribution in [2.45, 2.75) is 51.0 Å². The molecule has 0 aliphatic rings. The monoisotopic (exact) mass is 348 g/mol. The van der Waals surface area contributed by atoms with E-state index in [1.807, 2.05) is 12.3 Å². The Morgan fingerprint density at radius 2 is 1.96 bits per heavy atom. The molecule has 0 bridgehead atoms. The van der Waals surface area contributed by atoms with Gasteiger partial charge in [-0.15, -0.1) is 23.1 Å². The first-order chi connectivity index (χ1) is 11.0. The molecule has 1 aromatic carbocycles. The highest BCUT2D eigenvalue weighted by molar-refractivity contribution is 7.99. The molecule has 2 aromatic rings. The van der Waals surface area contributed by atoms with Gasteiger partial charge in [-0.05, 0) is 26.0 Å². The predicted octanol–water partition coefficient (Wildman–Crippen LogP) is 4.93. The number of nitrogens with zero attached hydrogens (tertiary/aromatic N) is 1. The second-order valence-electron chi connectivity index (χ2n) is 5.97. The van der Waals surface area contributed by atoms with Crippen molar-refractivity contribution in [3.8, 4) is 0 Å². The quantitative estimate of drug-likeness (QED) is 0.721. The molecule has 5 heteroatoms. The van der Waals surface area contributed by atoms with E-state index in [1.54, 1.807) is 23.1 Å². The SMILES string of the molecule is Cc1ccc(SCCC(=O)NC(C)c2csc(C(C)C)n2)cc1. The number of carbonyl (C=O) groups excluding carboxylic acids is 1. The van der Waals surface area contributed by atoms with Gasteiger partial charge < -0.3 is 5.32 Å². The molecule has 2 rings (SSSR count). The molecule has 0 saturated carbocycles. The normalized spacial score (nSPS) is 12.4. The van der Waals surface area contributed by atoms with Crippen LogP contribution in [0.4, 0.5) is 0 Å². The molecule has 1 heterocycles. The average molecular weight is 349 g/mol. The number of aryl methyl sites for hydroxylation is 1. The number of carbonyl (C=O) groups is 1. The van der Waals surface area contributed by atoms with Gasteiger partial charge in [-0.3, -0.25) is 4.79 Å². The topological polar surface area (TPSA) is 42.0 Å². The van der Waals surface area contributed by atoms with Gasteiger partial charge in [-0.25, -0.2) is 4.98 Å². The summed E-state index contributed by atoms with van der Waals surface area (Å²) in [6.45, 7) is 8.33. The van der Waals surface area contributed by atoms with E-state index in [-0.39, 0.29) is 11.9 Å². The molecule has 0 saturated heterocycles. The van der Waals surface area contributed by atoms with E-state index in [4.69, 9.17) is 0 Å². The zero-order valence-electron chi connectivity index (χ0n) is 14.1. The third-order valence-corrected chi connectivity index (χ3v) is 5.65. The molecule has 1 aromatic heterocycles. The van der Waals surface area contributed by atoms with Crippen LogP contribution < -0.4 is 5.32 Å². The number of rotatable bonds is 7. The Kier molecular flexibility index (Phi) is 6.66. The number of aromatic nitrogens is 1. The van der Waals surface area contributed by atoms with Crippen LogP contribution in [0.15, 0.2) is 34.5 Å². The van der Waals surface area contributed by atoms with Crippen molar-refractivity contribution in [1.29, 1.82) is 0 Å². The third-order valence-electron chi connectivity index (χ3n) is 3.47. The first kappa shape index (κ1) is 18.0. The zero-order valence-corrected chi connectivity index (χ0v) is 15.8. The predicted molar refractivity (Wildman–Crippen MR) is 99.3 cm³/mol. The van der Waals surface area contributed by atoms with E-state index in [1.165, 1.54) is 10.5 Å². The van der Waals surface area contributed by atoms with Crippen LogP contribution in [0, 0.1) is 6.92 Å². The molecule has 1 N–H and O–H groups in total. The maximum Gasteiger partial charge on any atom is 0.221 e. The molecule has 0 fully saturated rings. The highest BCUT2D eigenvalue weighted by atomic mass is 32.2. The molecule has 0 aliphatic carbocycles. The second kappa shape index (κ2) is 8.50. The van der Waals surface area contributed by atoms with Gasteiger partial charge in [0.15, 0.2) is 0 Å². The van der Waals surface area contributed by atoms with Crippen LogP contribution in [0.2, 0.25) is 0 Å². The highest BCUT2D eigenvalue weighted by Crippen LogP contribution is 2.23. The van der Waals surface area contributed by atoms with Crippen molar-refractivity contribution >= 4 is 29.0 Å². The van der Waals surface area contributed by atoms with Gasteiger partial charge in [-0.2, -0.15) is 0 Å². The molecule has 1 amide bonds. The molecule has 0 radical (unpaired) electrons. The van der Waals surface area contributed by atoms with E-state index in [0.717, 1.165) is 16.5 Å². The number of amides is 1. The summed E-state index contributed by atoms with van der Waals surface area (Å²) in [5, 5.41) is 6.20. The van der Waals surface area contributed by atoms with Crippen molar-refractivity contribution in [2.24, 2.45) is 0 Å². The Morgan fingerprint density at radius 1 is 1.26 bits per heavy atom. The van der Waals surface area contributed by atoms with E-state index in [2.05, 4.69) is 55.3 Å². The lowest BCUT2D eigenvalue weighted by atomic mass is 10.2. The maximum absolute atomic E-state index is 12.1. The van der Waals surface area contributed by atoms with Crippen LogP contribution in [0.5, 0.6) is 0 Å². The van der Waals surface area contributed by atoms with Gasteiger partial charge in [0.25, 0.3) is 0 Å². The Balaban J connectivity index is 1.76. The summed E-state index contributed by atoms with van der Waals surface area (Å²) in [5.41, 5.74) is 2.21. The molecular formula is C18H24N2OS2. The number of benzene rings is 1. The maximum atomic E-state index is 12.1. The van der Waals surface area contributed by atoms with Gasteiger partial charge in [-0.1, -0.05) is 31.5 Å². The van der Waals surface area contributed by atoms with Crippen molar-refractivity contribution < 1.29 is 4.79 Å². The molecule has 0 aliphatic heterocycles. The fourth-order valence-electron chi connectivity index (χ4n) is 2.05. The van der Waals surface area contributed by atoms with Crippen LogP contribution in [0.25, 0.3) is 0 Å². The van der Waals surface area contributed by atoms with Crippen LogP contribution in [-0.4, -0.2) is 16.6 Å². The van der Waals surface area contributed by atoms with E-state index in [0.29, 0.717) is 12.3 Å². The number of hydrogen-bond acceptors (Lipinski definition) is 4. The van der Waals surface area contributed by atoms with E-state index in [9.17, 15) is 4.79 Å². The lowest BCUT2D eigenvalue weighted by molar-refractivity contribution is -0.121. The van der Waals surface area contributed by atoms with Crippen LogP contribution >= 0.6 is 23.1 Å². The Hall–Kier alpha value is -1.33. The summed E-state index contributed by atoms with van der Waals surface area (Å²) in [5.74, 6) is 1.30. The minimum atomic E-state index is -0.0318. The van der Waals surface area contributed by atoms with E-state index < -0.39 is 0 Å². The van der Waals surface area contributed by atoms with Gasteiger partial charge >= 0.3 is 0 Å². The van der Waals surface area contributed by atoms with Gasteiger partial charge in [0, 0.05) is 28.4 Å². The Morgan fingerprint density at radius 3 is 2.57 bits per heavy atom. The van der Waals surface area contributed by atoms with Crippen molar-refractivity contribution in [1.82, 2.24) is 10.3 Å². The largest absolute Gasteiger partial charge is 0.348 e. The third kappa shape index (κ3) is 5.66. The number of nitrogens with one attached hydrogen (secondary N) is 1. The van der Waals surface area contributed by atoms with Crippen LogP contribution in [0.3, 0.4) is 0 Å². The average Bonchev–Trinajstić information content (AvgIpc) is 2.99. The van der Waals surface area contributed by atoms with Crippen molar-refractivity contribution in [3.63, 3.8) is 0 Å². The molecule has 1 unspecified atom stereocenters. The lowest BCUT2D eigenvalue weighted by Gasteiger charge is -2.11. The summed E-state index contributed by atoms with van der Waals surface area (Å²) in [4.78, 5) is 17.9. The van der Waals surface area contributed by atoms with E-state index >= 15 is 0 Å². The first-order valence-electron chi connectivity index (χ1n) is 7.90. The van der Waals surface area contributed by atoms with Crippen molar-refractivity contribution in [3.05, 3.63) is 45.9 Å². The van der Waals surface area contributed by atoms with Crippen LogP contribution in [-0.2, 0) is 4.79 Å². The summed E-state index contributed by atoms with van der Waals surface area (Å²) < 4.78 is 0. The van der Waals surface area contributed by atoms with Gasteiger partial charge in [0.05, 0.1) is 16.7 Å². The summed E-state index contributed by atoms with van der Waals surface area (Å²) >= 11 is 3.38. The molecule has 124 valence electrons. The fourth-order valence-corrected chi connectivity index (χ4v) is 3.83. The first-order valence-corrected chi connectivity index (χ1v) is 9.76. The number of thioether (sulfide) groups is 1. The Labute approximate surface area is 146 Å². The zero-order chi connectivity index (χ0) is 16.8. The van der Waals surface area contributed by atoms with Gasteiger partial charge in [0.1, 0.15) is 0 Å². The van der Waals surface area contributed by atoms with Crippen LogP contribution in [0.1, 0.15) is 55.4 Å².